The molecule has 1 aromatic heterocycles. The van der Waals surface area contributed by atoms with Crippen molar-refractivity contribution in [1.29, 1.82) is 5.26 Å². The molecule has 0 spiro atoms. The van der Waals surface area contributed by atoms with Gasteiger partial charge in [-0.2, -0.15) is 5.26 Å². The molecular weight excluding hydrogens is 114 g/mol. The van der Waals surface area contributed by atoms with Gasteiger partial charge in [0, 0.05) is 5.56 Å². The van der Waals surface area contributed by atoms with Crippen LogP contribution in [0.3, 0.4) is 0 Å². The summed E-state index contributed by atoms with van der Waals surface area (Å²) in [4.78, 5) is 0. The van der Waals surface area contributed by atoms with Crippen LogP contribution < -0.4 is 0 Å². The van der Waals surface area contributed by atoms with Gasteiger partial charge in [-0.05, 0) is 13.0 Å². The number of nitriles is 1. The lowest BCUT2D eigenvalue weighted by atomic mass is 10.2. The van der Waals surface area contributed by atoms with E-state index in [1.807, 2.05) is 13.0 Å². The molecule has 0 aliphatic heterocycles. The standard InChI is InChI=1S/C7H7NO/c1-6-7(2-4-8)3-5-9-6/h3,5H,2H2,1H3. The third-order valence-corrected chi connectivity index (χ3v) is 1.24. The molecule has 0 aromatic carbocycles. The zero-order valence-corrected chi connectivity index (χ0v) is 5.22. The number of hydrogen-bond donors (Lipinski definition) is 0. The van der Waals surface area contributed by atoms with Crippen LogP contribution in [0, 0.1) is 18.3 Å². The van der Waals surface area contributed by atoms with Crippen LogP contribution >= 0.6 is 0 Å². The Bertz CT molecular complexity index is 231. The molecule has 0 fully saturated rings. The summed E-state index contributed by atoms with van der Waals surface area (Å²) in [6, 6.07) is 3.87. The fourth-order valence-corrected chi connectivity index (χ4v) is 0.680. The van der Waals surface area contributed by atoms with Gasteiger partial charge in [-0.1, -0.05) is 0 Å². The number of aryl methyl sites for hydroxylation is 1. The Morgan fingerprint density at radius 3 is 3.00 bits per heavy atom. The normalized spacial score (nSPS) is 8.89. The number of nitrogens with zero attached hydrogens (tertiary/aromatic N) is 1. The van der Waals surface area contributed by atoms with Crippen LogP contribution in [0.15, 0.2) is 16.7 Å². The molecule has 2 heteroatoms. The molecule has 0 bridgehead atoms. The van der Waals surface area contributed by atoms with Crippen molar-refractivity contribution >= 4 is 0 Å². The lowest BCUT2D eigenvalue weighted by Crippen LogP contribution is -1.77. The van der Waals surface area contributed by atoms with Crippen molar-refractivity contribution in [3.63, 3.8) is 0 Å². The fraction of sp³-hybridized carbons (Fsp3) is 0.286. The Hall–Kier alpha value is -1.23. The summed E-state index contributed by atoms with van der Waals surface area (Å²) in [6.45, 7) is 1.85. The molecule has 46 valence electrons. The molecule has 0 atom stereocenters. The lowest BCUT2D eigenvalue weighted by Gasteiger charge is -1.84. The Balaban J connectivity index is 2.84. The van der Waals surface area contributed by atoms with Gasteiger partial charge in [-0.25, -0.2) is 0 Å². The average Bonchev–Trinajstić information content (AvgIpc) is 2.18. The third-order valence-electron chi connectivity index (χ3n) is 1.24. The van der Waals surface area contributed by atoms with Gasteiger partial charge in [0.15, 0.2) is 0 Å². The monoisotopic (exact) mass is 121 g/mol. The smallest absolute Gasteiger partial charge is 0.104 e. The molecule has 2 nitrogen and oxygen atoms in total. The van der Waals surface area contributed by atoms with Gasteiger partial charge in [0.2, 0.25) is 0 Å². The Kier molecular flexibility index (Phi) is 1.55. The highest BCUT2D eigenvalue weighted by Gasteiger charge is 1.97. The van der Waals surface area contributed by atoms with Gasteiger partial charge < -0.3 is 4.42 Å². The molecular formula is C7H7NO. The highest BCUT2D eigenvalue weighted by Crippen LogP contribution is 2.07. The van der Waals surface area contributed by atoms with Crippen LogP contribution in [0.4, 0.5) is 0 Å². The topological polar surface area (TPSA) is 36.9 Å². The first kappa shape index (κ1) is 5.90. The van der Waals surface area contributed by atoms with Crippen molar-refractivity contribution in [2.75, 3.05) is 0 Å². The van der Waals surface area contributed by atoms with E-state index in [-0.39, 0.29) is 0 Å². The van der Waals surface area contributed by atoms with Gasteiger partial charge >= 0.3 is 0 Å². The SMILES string of the molecule is Cc1occc1CC#N. The van der Waals surface area contributed by atoms with Crippen LogP contribution in [0.25, 0.3) is 0 Å². The van der Waals surface area contributed by atoms with Crippen LogP contribution in [-0.2, 0) is 6.42 Å². The molecule has 1 rings (SSSR count). The van der Waals surface area contributed by atoms with Crippen molar-refractivity contribution in [2.24, 2.45) is 0 Å². The summed E-state index contributed by atoms with van der Waals surface area (Å²) in [5.74, 6) is 0.844. The van der Waals surface area contributed by atoms with Gasteiger partial charge in [0.25, 0.3) is 0 Å². The Morgan fingerprint density at radius 1 is 1.78 bits per heavy atom. The summed E-state index contributed by atoms with van der Waals surface area (Å²) in [7, 11) is 0. The van der Waals surface area contributed by atoms with E-state index in [0.29, 0.717) is 6.42 Å². The maximum absolute atomic E-state index is 8.27. The number of hydrogen-bond acceptors (Lipinski definition) is 2. The second-order valence-electron chi connectivity index (χ2n) is 1.84. The second-order valence-corrected chi connectivity index (χ2v) is 1.84. The van der Waals surface area contributed by atoms with Gasteiger partial charge in [-0.15, -0.1) is 0 Å². The minimum Gasteiger partial charge on any atom is -0.469 e. The quantitative estimate of drug-likeness (QED) is 0.566. The van der Waals surface area contributed by atoms with Crippen molar-refractivity contribution in [3.05, 3.63) is 23.7 Å². The number of rotatable bonds is 1. The van der Waals surface area contributed by atoms with Gasteiger partial charge in [-0.3, -0.25) is 0 Å². The molecule has 0 saturated heterocycles. The van der Waals surface area contributed by atoms with Gasteiger partial charge in [0.1, 0.15) is 5.76 Å². The van der Waals surface area contributed by atoms with E-state index in [0.717, 1.165) is 11.3 Å². The number of furan rings is 1. The first-order valence-corrected chi connectivity index (χ1v) is 2.74. The van der Waals surface area contributed by atoms with Crippen LogP contribution in [0.5, 0.6) is 0 Å². The maximum Gasteiger partial charge on any atom is 0.104 e. The molecule has 0 aliphatic carbocycles. The highest BCUT2D eigenvalue weighted by molar-refractivity contribution is 5.18. The molecule has 0 amide bonds. The Morgan fingerprint density at radius 2 is 2.56 bits per heavy atom. The lowest BCUT2D eigenvalue weighted by molar-refractivity contribution is 0.531. The minimum atomic E-state index is 0.447. The highest BCUT2D eigenvalue weighted by atomic mass is 16.3. The first-order chi connectivity index (χ1) is 4.34. The van der Waals surface area contributed by atoms with E-state index in [9.17, 15) is 0 Å². The van der Waals surface area contributed by atoms with E-state index in [1.165, 1.54) is 0 Å². The predicted octanol–water partition coefficient (Wildman–Crippen LogP) is 1.65. The molecule has 0 saturated carbocycles. The van der Waals surface area contributed by atoms with E-state index in [1.54, 1.807) is 6.26 Å². The molecule has 0 aliphatic rings. The second kappa shape index (κ2) is 2.36. The third kappa shape index (κ3) is 1.11. The summed E-state index contributed by atoms with van der Waals surface area (Å²) >= 11 is 0. The van der Waals surface area contributed by atoms with Crippen molar-refractivity contribution in [1.82, 2.24) is 0 Å². The summed E-state index contributed by atoms with van der Waals surface area (Å²) in [5.41, 5.74) is 0.984. The van der Waals surface area contributed by atoms with Crippen molar-refractivity contribution in [3.8, 4) is 6.07 Å². The molecule has 1 heterocycles. The molecule has 0 unspecified atom stereocenters. The molecule has 0 radical (unpaired) electrons. The molecule has 9 heavy (non-hydrogen) atoms. The van der Waals surface area contributed by atoms with Crippen LogP contribution in [-0.4, -0.2) is 0 Å². The summed E-state index contributed by atoms with van der Waals surface area (Å²) in [5, 5.41) is 8.27. The molecule has 1 aromatic rings. The van der Waals surface area contributed by atoms with Crippen molar-refractivity contribution in [2.45, 2.75) is 13.3 Å². The van der Waals surface area contributed by atoms with Crippen LogP contribution in [0.2, 0.25) is 0 Å². The minimum absolute atomic E-state index is 0.447. The van der Waals surface area contributed by atoms with E-state index >= 15 is 0 Å². The van der Waals surface area contributed by atoms with E-state index in [2.05, 4.69) is 6.07 Å². The first-order valence-electron chi connectivity index (χ1n) is 2.74. The zero-order valence-electron chi connectivity index (χ0n) is 5.22. The summed E-state index contributed by atoms with van der Waals surface area (Å²) in [6.07, 6.45) is 2.05. The average molecular weight is 121 g/mol. The largest absolute Gasteiger partial charge is 0.469 e. The zero-order chi connectivity index (χ0) is 6.69. The maximum atomic E-state index is 8.27. The Labute approximate surface area is 53.7 Å². The predicted molar refractivity (Wildman–Crippen MR) is 32.8 cm³/mol. The summed E-state index contributed by atoms with van der Waals surface area (Å²) < 4.78 is 4.97. The van der Waals surface area contributed by atoms with E-state index in [4.69, 9.17) is 9.68 Å². The van der Waals surface area contributed by atoms with E-state index < -0.39 is 0 Å². The van der Waals surface area contributed by atoms with Gasteiger partial charge in [0.05, 0.1) is 18.8 Å². The molecule has 0 N–H and O–H groups in total. The fourth-order valence-electron chi connectivity index (χ4n) is 0.680. The van der Waals surface area contributed by atoms with Crippen LogP contribution in [0.1, 0.15) is 11.3 Å². The van der Waals surface area contributed by atoms with Crippen molar-refractivity contribution < 1.29 is 4.42 Å².